The lowest BCUT2D eigenvalue weighted by atomic mass is 9.71. The number of halogens is 1. The van der Waals surface area contributed by atoms with Crippen molar-refractivity contribution in [2.24, 2.45) is 0 Å². The number of hydrogen-bond acceptors (Lipinski definition) is 6. The van der Waals surface area contributed by atoms with Crippen molar-refractivity contribution in [1.82, 2.24) is 5.32 Å². The minimum atomic E-state index is -0.787. The van der Waals surface area contributed by atoms with Crippen LogP contribution in [0.3, 0.4) is 0 Å². The number of hydrogen-bond donors (Lipinski definition) is 1. The van der Waals surface area contributed by atoms with Crippen molar-refractivity contribution in [2.75, 3.05) is 19.1 Å². The maximum Gasteiger partial charge on any atom is 0.414 e. The fourth-order valence-electron chi connectivity index (χ4n) is 3.69. The number of alkyl carbamates (subject to hydrolysis) is 1. The van der Waals surface area contributed by atoms with E-state index in [1.165, 1.54) is 0 Å². The van der Waals surface area contributed by atoms with Gasteiger partial charge in [-0.3, -0.25) is 10.1 Å². The summed E-state index contributed by atoms with van der Waals surface area (Å²) >= 11 is 5.33. The highest BCUT2D eigenvalue weighted by molar-refractivity contribution is 6.28. The summed E-state index contributed by atoms with van der Waals surface area (Å²) in [5, 5.41) is 2.07. The minimum absolute atomic E-state index is 0.238. The Bertz CT molecular complexity index is 517. The highest BCUT2D eigenvalue weighted by Gasteiger charge is 2.88. The lowest BCUT2D eigenvalue weighted by Crippen LogP contribution is -2.53. The van der Waals surface area contributed by atoms with Crippen LogP contribution in [0.15, 0.2) is 0 Å². The number of alkyl halides is 1. The van der Waals surface area contributed by atoms with Crippen LogP contribution in [-0.4, -0.2) is 60.1 Å². The summed E-state index contributed by atoms with van der Waals surface area (Å²) in [5.74, 6) is -0.869. The molecule has 4 fully saturated rings. The molecule has 3 aliphatic heterocycles. The lowest BCUT2D eigenvalue weighted by molar-refractivity contribution is -0.118. The molecule has 1 saturated carbocycles. The third kappa shape index (κ3) is 1.78. The van der Waals surface area contributed by atoms with E-state index < -0.39 is 23.7 Å². The Balaban J connectivity index is 1.46. The highest BCUT2D eigenvalue weighted by atomic mass is 35.5. The molecular weight excluding hydrogens is 302 g/mol. The molecule has 4 aliphatic rings. The predicted octanol–water partition coefficient (Wildman–Crippen LogP) is 0.336. The van der Waals surface area contributed by atoms with E-state index in [-0.39, 0.29) is 23.2 Å². The van der Waals surface area contributed by atoms with Gasteiger partial charge in [0, 0.05) is 0 Å². The normalized spacial score (nSPS) is 49.2. The highest BCUT2D eigenvalue weighted by Crippen LogP contribution is 2.69. The zero-order valence-corrected chi connectivity index (χ0v) is 12.3. The van der Waals surface area contributed by atoms with Crippen LogP contribution in [-0.2, 0) is 23.7 Å². The van der Waals surface area contributed by atoms with E-state index in [4.69, 9.17) is 30.5 Å². The first-order valence-electron chi connectivity index (χ1n) is 6.99. The molecule has 0 bridgehead atoms. The van der Waals surface area contributed by atoms with E-state index in [1.54, 1.807) is 0 Å². The van der Waals surface area contributed by atoms with E-state index in [2.05, 4.69) is 5.32 Å². The summed E-state index contributed by atoms with van der Waals surface area (Å²) in [6, 6.07) is 0. The van der Waals surface area contributed by atoms with Crippen molar-refractivity contribution in [1.29, 1.82) is 0 Å². The van der Waals surface area contributed by atoms with Crippen LogP contribution in [0.1, 0.15) is 19.8 Å². The predicted molar refractivity (Wildman–Crippen MR) is 69.0 cm³/mol. The zero-order chi connectivity index (χ0) is 14.9. The summed E-state index contributed by atoms with van der Waals surface area (Å²) in [6.07, 6.45) is -0.0267. The van der Waals surface area contributed by atoms with Crippen molar-refractivity contribution in [3.05, 3.63) is 0 Å². The molecule has 0 radical (unpaired) electrons. The fraction of sp³-hybridized carbons (Fsp3) is 0.846. The molecule has 8 heteroatoms. The lowest BCUT2D eigenvalue weighted by Gasteiger charge is -2.31. The molecule has 1 aliphatic carbocycles. The Morgan fingerprint density at radius 1 is 1.38 bits per heavy atom. The number of imide groups is 1. The minimum Gasteiger partial charge on any atom is -0.443 e. The second kappa shape index (κ2) is 4.10. The summed E-state index contributed by atoms with van der Waals surface area (Å²) < 4.78 is 22.5. The fourth-order valence-corrected chi connectivity index (χ4v) is 3.76. The molecule has 1 N–H and O–H groups in total. The molecule has 21 heavy (non-hydrogen) atoms. The quantitative estimate of drug-likeness (QED) is 0.596. The molecular formula is C13H16ClNO6. The average molecular weight is 318 g/mol. The van der Waals surface area contributed by atoms with Gasteiger partial charge < -0.3 is 18.9 Å². The van der Waals surface area contributed by atoms with Gasteiger partial charge in [0.25, 0.3) is 0 Å². The molecule has 1 spiro atoms. The van der Waals surface area contributed by atoms with Crippen LogP contribution in [0.4, 0.5) is 4.79 Å². The van der Waals surface area contributed by atoms with Gasteiger partial charge in [-0.25, -0.2) is 4.79 Å². The second-order valence-corrected chi connectivity index (χ2v) is 6.51. The number of carbonyl (C=O) groups excluding carboxylic acids is 2. The van der Waals surface area contributed by atoms with Crippen molar-refractivity contribution in [3.63, 3.8) is 0 Å². The molecule has 3 heterocycles. The number of nitrogens with one attached hydrogen (secondary N) is 1. The van der Waals surface area contributed by atoms with Crippen LogP contribution < -0.4 is 5.32 Å². The first-order chi connectivity index (χ1) is 9.96. The van der Waals surface area contributed by atoms with Gasteiger partial charge in [-0.2, -0.15) is 0 Å². The smallest absolute Gasteiger partial charge is 0.414 e. The number of amides is 2. The largest absolute Gasteiger partial charge is 0.443 e. The topological polar surface area (TPSA) is 93.0 Å². The Labute approximate surface area is 126 Å². The van der Waals surface area contributed by atoms with E-state index >= 15 is 0 Å². The summed E-state index contributed by atoms with van der Waals surface area (Å²) in [5.41, 5.74) is -1.16. The van der Waals surface area contributed by atoms with Crippen LogP contribution in [0.2, 0.25) is 0 Å². The number of fused-ring (bicyclic) bond motifs is 2. The van der Waals surface area contributed by atoms with Crippen LogP contribution >= 0.6 is 11.6 Å². The van der Waals surface area contributed by atoms with Gasteiger partial charge in [0.2, 0.25) is 5.91 Å². The summed E-state index contributed by atoms with van der Waals surface area (Å²) in [6.45, 7) is 3.28. The summed E-state index contributed by atoms with van der Waals surface area (Å²) in [7, 11) is 0. The molecule has 0 aromatic heterocycles. The SMILES string of the molecule is C[C@@]1([C@]23O[C@H]2[C@@H](OC(=O)NC(=O)CCl)CC[C@]32CO2)CO1. The number of ether oxygens (including phenoxy) is 4. The summed E-state index contributed by atoms with van der Waals surface area (Å²) in [4.78, 5) is 22.7. The van der Waals surface area contributed by atoms with Gasteiger partial charge in [-0.1, -0.05) is 0 Å². The third-order valence-corrected chi connectivity index (χ3v) is 5.22. The standard InChI is InChI=1S/C13H16ClNO6/c1-11(5-18-11)13-9(21-13)7(2-3-12(13)6-19-12)20-10(17)15-8(16)4-14/h7,9H,2-6H2,1H3,(H,15,16,17)/t7-,9-,11-,12-,13+/m0/s1. The van der Waals surface area contributed by atoms with E-state index in [9.17, 15) is 9.59 Å². The van der Waals surface area contributed by atoms with Crippen LogP contribution in [0.5, 0.6) is 0 Å². The van der Waals surface area contributed by atoms with Gasteiger partial charge in [0.05, 0.1) is 13.2 Å². The van der Waals surface area contributed by atoms with Gasteiger partial charge in [0.15, 0.2) is 5.60 Å². The van der Waals surface area contributed by atoms with Gasteiger partial charge in [0.1, 0.15) is 29.3 Å². The molecule has 116 valence electrons. The van der Waals surface area contributed by atoms with Crippen molar-refractivity contribution in [2.45, 2.75) is 48.8 Å². The third-order valence-electron chi connectivity index (χ3n) is 4.98. The van der Waals surface area contributed by atoms with E-state index in [0.29, 0.717) is 19.6 Å². The number of rotatable bonds is 3. The molecule has 3 saturated heterocycles. The van der Waals surface area contributed by atoms with Gasteiger partial charge in [-0.05, 0) is 19.8 Å². The Hall–Kier alpha value is -0.890. The Morgan fingerprint density at radius 3 is 2.67 bits per heavy atom. The maximum atomic E-state index is 11.7. The monoisotopic (exact) mass is 317 g/mol. The van der Waals surface area contributed by atoms with E-state index in [0.717, 1.165) is 6.42 Å². The van der Waals surface area contributed by atoms with E-state index in [1.807, 2.05) is 6.92 Å². The average Bonchev–Trinajstić information content (AvgIpc) is 3.29. The first kappa shape index (κ1) is 13.8. The van der Waals surface area contributed by atoms with Crippen molar-refractivity contribution in [3.8, 4) is 0 Å². The zero-order valence-electron chi connectivity index (χ0n) is 11.5. The Morgan fingerprint density at radius 2 is 2.10 bits per heavy atom. The molecule has 5 atom stereocenters. The van der Waals surface area contributed by atoms with Gasteiger partial charge >= 0.3 is 6.09 Å². The van der Waals surface area contributed by atoms with Crippen LogP contribution in [0, 0.1) is 0 Å². The number of carbonyl (C=O) groups is 2. The molecule has 7 nitrogen and oxygen atoms in total. The first-order valence-corrected chi connectivity index (χ1v) is 7.52. The molecule has 2 amide bonds. The molecule has 4 rings (SSSR count). The van der Waals surface area contributed by atoms with Gasteiger partial charge in [-0.15, -0.1) is 11.6 Å². The maximum absolute atomic E-state index is 11.7. The number of epoxide rings is 3. The van der Waals surface area contributed by atoms with Crippen molar-refractivity contribution < 1.29 is 28.5 Å². The Kier molecular flexibility index (Phi) is 2.68. The molecule has 0 unspecified atom stereocenters. The molecule has 0 aromatic rings. The van der Waals surface area contributed by atoms with Crippen molar-refractivity contribution >= 4 is 23.6 Å². The van der Waals surface area contributed by atoms with Crippen LogP contribution in [0.25, 0.3) is 0 Å². The second-order valence-electron chi connectivity index (χ2n) is 6.24. The molecule has 0 aromatic carbocycles.